The van der Waals surface area contributed by atoms with Crippen LogP contribution in [0.25, 0.3) is 0 Å². The molecular weight excluding hydrogens is 198 g/mol. The molecule has 96 valence electrons. The van der Waals surface area contributed by atoms with Gasteiger partial charge in [-0.15, -0.1) is 0 Å². The largest absolute Gasteiger partial charge is 0.306 e. The van der Waals surface area contributed by atoms with Crippen molar-refractivity contribution in [3.05, 3.63) is 0 Å². The fourth-order valence-corrected chi connectivity index (χ4v) is 2.27. The van der Waals surface area contributed by atoms with Crippen molar-refractivity contribution in [2.45, 2.75) is 32.2 Å². The average molecular weight is 227 g/mol. The highest BCUT2D eigenvalue weighted by atomic mass is 15.2. The molecule has 1 rings (SSSR count). The first-order valence-corrected chi connectivity index (χ1v) is 6.67. The Morgan fingerprint density at radius 3 is 1.88 bits per heavy atom. The van der Waals surface area contributed by atoms with Gasteiger partial charge in [0.2, 0.25) is 0 Å². The van der Waals surface area contributed by atoms with E-state index in [1.165, 1.54) is 52.0 Å². The first-order chi connectivity index (χ1) is 7.59. The van der Waals surface area contributed by atoms with Gasteiger partial charge >= 0.3 is 0 Å². The zero-order valence-corrected chi connectivity index (χ0v) is 11.6. The van der Waals surface area contributed by atoms with E-state index >= 15 is 0 Å². The van der Waals surface area contributed by atoms with E-state index < -0.39 is 0 Å². The van der Waals surface area contributed by atoms with Crippen molar-refractivity contribution in [1.82, 2.24) is 14.7 Å². The molecule has 16 heavy (non-hydrogen) atoms. The Balaban J connectivity index is 2.41. The first kappa shape index (κ1) is 13.9. The van der Waals surface area contributed by atoms with Crippen molar-refractivity contribution < 1.29 is 0 Å². The number of hydrogen-bond donors (Lipinski definition) is 0. The molecule has 3 nitrogen and oxygen atoms in total. The van der Waals surface area contributed by atoms with Crippen LogP contribution in [0.4, 0.5) is 0 Å². The van der Waals surface area contributed by atoms with Gasteiger partial charge in [0.05, 0.1) is 0 Å². The third-order valence-electron chi connectivity index (χ3n) is 3.81. The molecule has 0 bridgehead atoms. The Morgan fingerprint density at radius 2 is 1.25 bits per heavy atom. The van der Waals surface area contributed by atoms with Crippen LogP contribution in [0.2, 0.25) is 0 Å². The van der Waals surface area contributed by atoms with Crippen molar-refractivity contribution >= 4 is 0 Å². The highest BCUT2D eigenvalue weighted by Gasteiger charge is 2.11. The van der Waals surface area contributed by atoms with Gasteiger partial charge in [-0.1, -0.05) is 0 Å². The average Bonchev–Trinajstić information content (AvgIpc) is 2.24. The Hall–Kier alpha value is -0.120. The topological polar surface area (TPSA) is 9.72 Å². The second kappa shape index (κ2) is 7.25. The summed E-state index contributed by atoms with van der Waals surface area (Å²) in [4.78, 5) is 7.44. The Bertz CT molecular complexity index is 184. The van der Waals surface area contributed by atoms with Crippen LogP contribution in [0.3, 0.4) is 0 Å². The molecule has 0 saturated carbocycles. The lowest BCUT2D eigenvalue weighted by molar-refractivity contribution is 0.190. The van der Waals surface area contributed by atoms with Gasteiger partial charge in [0, 0.05) is 6.04 Å². The quantitative estimate of drug-likeness (QED) is 0.618. The van der Waals surface area contributed by atoms with Crippen molar-refractivity contribution in [1.29, 1.82) is 0 Å². The number of rotatable bonds is 0. The third kappa shape index (κ3) is 5.28. The van der Waals surface area contributed by atoms with Crippen molar-refractivity contribution in [2.75, 3.05) is 53.9 Å². The predicted molar refractivity (Wildman–Crippen MR) is 70.9 cm³/mol. The molecule has 0 aromatic carbocycles. The highest BCUT2D eigenvalue weighted by Crippen LogP contribution is 2.05. The molecule has 1 aliphatic heterocycles. The van der Waals surface area contributed by atoms with E-state index in [1.807, 2.05) is 0 Å². The van der Waals surface area contributed by atoms with Gasteiger partial charge in [-0.2, -0.15) is 0 Å². The summed E-state index contributed by atoms with van der Waals surface area (Å²) in [7, 11) is 6.75. The molecule has 0 aliphatic carbocycles. The lowest BCUT2D eigenvalue weighted by Crippen LogP contribution is -2.36. The first-order valence-electron chi connectivity index (χ1n) is 6.67. The molecule has 1 saturated heterocycles. The molecule has 1 atom stereocenters. The summed E-state index contributed by atoms with van der Waals surface area (Å²) in [5.41, 5.74) is 0. The molecule has 0 radical (unpaired) electrons. The van der Waals surface area contributed by atoms with Crippen LogP contribution in [0.5, 0.6) is 0 Å². The Kier molecular flexibility index (Phi) is 6.32. The van der Waals surface area contributed by atoms with E-state index in [2.05, 4.69) is 42.8 Å². The molecule has 1 aliphatic rings. The molecule has 0 amide bonds. The number of nitrogens with zero attached hydrogens (tertiary/aromatic N) is 3. The molecule has 0 aromatic heterocycles. The fourth-order valence-electron chi connectivity index (χ4n) is 2.27. The molecule has 3 heteroatoms. The van der Waals surface area contributed by atoms with Crippen molar-refractivity contribution in [3.8, 4) is 0 Å². The van der Waals surface area contributed by atoms with E-state index in [0.717, 1.165) is 0 Å². The summed E-state index contributed by atoms with van der Waals surface area (Å²) in [6.45, 7) is 8.53. The summed E-state index contributed by atoms with van der Waals surface area (Å²) in [5.74, 6) is 0. The summed E-state index contributed by atoms with van der Waals surface area (Å²) in [6.07, 6.45) is 3.90. The van der Waals surface area contributed by atoms with E-state index in [-0.39, 0.29) is 0 Å². The van der Waals surface area contributed by atoms with Crippen LogP contribution in [0.1, 0.15) is 26.2 Å². The second-order valence-electron chi connectivity index (χ2n) is 5.43. The van der Waals surface area contributed by atoms with Gasteiger partial charge in [0.15, 0.2) is 0 Å². The molecular formula is C13H29N3. The zero-order chi connectivity index (χ0) is 12.0. The molecule has 0 N–H and O–H groups in total. The fraction of sp³-hybridized carbons (Fsp3) is 1.00. The minimum absolute atomic E-state index is 0.715. The van der Waals surface area contributed by atoms with E-state index in [4.69, 9.17) is 0 Å². The summed E-state index contributed by atoms with van der Waals surface area (Å²) < 4.78 is 0. The van der Waals surface area contributed by atoms with Crippen molar-refractivity contribution in [2.24, 2.45) is 0 Å². The Labute approximate surface area is 101 Å². The van der Waals surface area contributed by atoms with Gasteiger partial charge < -0.3 is 14.7 Å². The summed E-state index contributed by atoms with van der Waals surface area (Å²) in [5, 5.41) is 0. The molecule has 1 fully saturated rings. The molecule has 0 spiro atoms. The lowest BCUT2D eigenvalue weighted by atomic mass is 10.2. The minimum Gasteiger partial charge on any atom is -0.306 e. The monoisotopic (exact) mass is 227 g/mol. The van der Waals surface area contributed by atoms with Crippen molar-refractivity contribution in [3.63, 3.8) is 0 Å². The zero-order valence-electron chi connectivity index (χ0n) is 11.6. The van der Waals surface area contributed by atoms with Gasteiger partial charge in [0.25, 0.3) is 0 Å². The lowest BCUT2D eigenvalue weighted by Gasteiger charge is -2.29. The van der Waals surface area contributed by atoms with Gasteiger partial charge in [-0.25, -0.2) is 0 Å². The molecule has 1 unspecified atom stereocenters. The second-order valence-corrected chi connectivity index (χ2v) is 5.43. The molecule has 1 heterocycles. The maximum Gasteiger partial charge on any atom is 0.00760 e. The van der Waals surface area contributed by atoms with E-state index in [9.17, 15) is 0 Å². The van der Waals surface area contributed by atoms with Crippen LogP contribution in [-0.4, -0.2) is 74.6 Å². The maximum absolute atomic E-state index is 2.50. The van der Waals surface area contributed by atoms with Crippen LogP contribution in [0.15, 0.2) is 0 Å². The van der Waals surface area contributed by atoms with Crippen LogP contribution >= 0.6 is 0 Å². The smallest absolute Gasteiger partial charge is 0.00760 e. The molecule has 0 aromatic rings. The Morgan fingerprint density at radius 1 is 0.750 bits per heavy atom. The third-order valence-corrected chi connectivity index (χ3v) is 3.81. The van der Waals surface area contributed by atoms with Gasteiger partial charge in [-0.3, -0.25) is 0 Å². The normalized spacial score (nSPS) is 29.6. The van der Waals surface area contributed by atoms with E-state index in [1.54, 1.807) is 0 Å². The summed E-state index contributed by atoms with van der Waals surface area (Å²) >= 11 is 0. The van der Waals surface area contributed by atoms with Gasteiger partial charge in [-0.05, 0) is 80.1 Å². The highest BCUT2D eigenvalue weighted by molar-refractivity contribution is 4.68. The summed E-state index contributed by atoms with van der Waals surface area (Å²) in [6, 6.07) is 0.715. The predicted octanol–water partition coefficient (Wildman–Crippen LogP) is 1.35. The maximum atomic E-state index is 2.50. The number of hydrogen-bond acceptors (Lipinski definition) is 3. The van der Waals surface area contributed by atoms with Gasteiger partial charge in [0.1, 0.15) is 0 Å². The van der Waals surface area contributed by atoms with Crippen LogP contribution < -0.4 is 0 Å². The SMILES string of the molecule is CC1CCN(C)CCCN(C)CCCN1C. The van der Waals surface area contributed by atoms with Crippen LogP contribution in [-0.2, 0) is 0 Å². The standard InChI is InChI=1S/C13H29N3/c1-13-7-12-15(3)9-5-8-14(2)10-6-11-16(13)4/h13H,5-12H2,1-4H3. The van der Waals surface area contributed by atoms with Crippen LogP contribution in [0, 0.1) is 0 Å². The minimum atomic E-state index is 0.715. The van der Waals surface area contributed by atoms with E-state index in [0.29, 0.717) is 6.04 Å².